The van der Waals surface area contributed by atoms with Crippen LogP contribution in [0.3, 0.4) is 0 Å². The van der Waals surface area contributed by atoms with E-state index < -0.39 is 0 Å². The first-order chi connectivity index (χ1) is 8.02. The molecule has 0 amide bonds. The molecule has 3 N–H and O–H groups in total. The first-order valence-corrected chi connectivity index (χ1v) is 7.29. The largest absolute Gasteiger partial charge is 0.394 e. The van der Waals surface area contributed by atoms with Gasteiger partial charge in [0.2, 0.25) is 5.13 Å². The van der Waals surface area contributed by atoms with Crippen LogP contribution in [-0.2, 0) is 0 Å². The van der Waals surface area contributed by atoms with E-state index in [0.29, 0.717) is 5.25 Å². The molecule has 2 unspecified atom stereocenters. The fraction of sp³-hybridized carbons (Fsp3) is 0.800. The van der Waals surface area contributed by atoms with E-state index in [4.69, 9.17) is 5.73 Å². The number of aliphatic hydroxyl groups is 1. The van der Waals surface area contributed by atoms with E-state index in [1.165, 1.54) is 0 Å². The molecule has 1 fully saturated rings. The monoisotopic (exact) mass is 274 g/mol. The van der Waals surface area contributed by atoms with Crippen LogP contribution in [-0.4, -0.2) is 46.8 Å². The smallest absolute Gasteiger partial charge is 0.208 e. The molecule has 0 saturated heterocycles. The lowest BCUT2D eigenvalue weighted by molar-refractivity contribution is 0.200. The van der Waals surface area contributed by atoms with Crippen LogP contribution >= 0.6 is 23.1 Å². The minimum atomic E-state index is -0.382. The van der Waals surface area contributed by atoms with Crippen molar-refractivity contribution in [1.29, 1.82) is 0 Å². The van der Waals surface area contributed by atoms with Crippen LogP contribution in [0, 0.1) is 0 Å². The number of anilines is 1. The Morgan fingerprint density at radius 2 is 2.35 bits per heavy atom. The summed E-state index contributed by atoms with van der Waals surface area (Å²) in [6, 6.07) is 0. The van der Waals surface area contributed by atoms with Crippen molar-refractivity contribution >= 4 is 28.2 Å². The lowest BCUT2D eigenvalue weighted by Gasteiger charge is -2.20. The van der Waals surface area contributed by atoms with Gasteiger partial charge in [-0.3, -0.25) is 0 Å². The molecule has 7 heteroatoms. The van der Waals surface area contributed by atoms with Crippen LogP contribution in [0.25, 0.3) is 0 Å². The number of rotatable bonds is 4. The van der Waals surface area contributed by atoms with E-state index in [-0.39, 0.29) is 12.1 Å². The van der Waals surface area contributed by atoms with Crippen LogP contribution in [0.4, 0.5) is 5.13 Å². The highest BCUT2D eigenvalue weighted by Gasteiger charge is 2.36. The van der Waals surface area contributed by atoms with Gasteiger partial charge in [-0.1, -0.05) is 23.1 Å². The van der Waals surface area contributed by atoms with Crippen LogP contribution in [0.5, 0.6) is 0 Å². The highest BCUT2D eigenvalue weighted by atomic mass is 32.2. The van der Waals surface area contributed by atoms with Crippen molar-refractivity contribution in [2.24, 2.45) is 5.73 Å². The lowest BCUT2D eigenvalue weighted by Crippen LogP contribution is -2.40. The summed E-state index contributed by atoms with van der Waals surface area (Å²) < 4.78 is 0.987. The zero-order valence-electron chi connectivity index (χ0n) is 10.1. The van der Waals surface area contributed by atoms with E-state index in [0.717, 1.165) is 28.7 Å². The highest BCUT2D eigenvalue weighted by Crippen LogP contribution is 2.40. The van der Waals surface area contributed by atoms with Crippen molar-refractivity contribution in [3.8, 4) is 0 Å². The molecule has 0 bridgehead atoms. The van der Waals surface area contributed by atoms with E-state index in [2.05, 4.69) is 10.2 Å². The number of aromatic nitrogens is 2. The van der Waals surface area contributed by atoms with Gasteiger partial charge in [0.05, 0.1) is 6.61 Å². The van der Waals surface area contributed by atoms with E-state index in [1.54, 1.807) is 23.1 Å². The number of hydrogen-bond donors (Lipinski definition) is 2. The minimum Gasteiger partial charge on any atom is -0.394 e. The molecular formula is C10H18N4OS2. The number of nitrogens with zero attached hydrogens (tertiary/aromatic N) is 3. The van der Waals surface area contributed by atoms with Crippen molar-refractivity contribution in [3.05, 3.63) is 0 Å². The molecule has 1 aromatic rings. The molecular weight excluding hydrogens is 256 g/mol. The maximum atomic E-state index is 9.22. The standard InChI is InChI=1S/C10H18N4OS2/c1-14(2)8-12-13-9(17-8)16-7-3-4-10(11,5-7)6-15/h7,15H,3-6,11H2,1-2H3. The third-order valence-corrected chi connectivity index (χ3v) is 5.40. The van der Waals surface area contributed by atoms with Gasteiger partial charge < -0.3 is 15.7 Å². The Bertz CT molecular complexity index is 384. The molecule has 96 valence electrons. The normalized spacial score (nSPS) is 28.6. The summed E-state index contributed by atoms with van der Waals surface area (Å²) >= 11 is 3.33. The van der Waals surface area contributed by atoms with E-state index in [1.807, 2.05) is 19.0 Å². The fourth-order valence-corrected chi connectivity index (χ4v) is 4.27. The fourth-order valence-electron chi connectivity index (χ4n) is 1.92. The Morgan fingerprint density at radius 3 is 2.88 bits per heavy atom. The summed E-state index contributed by atoms with van der Waals surface area (Å²) in [5.74, 6) is 0. The Kier molecular flexibility index (Phi) is 3.92. The number of hydrogen-bond acceptors (Lipinski definition) is 7. The predicted molar refractivity (Wildman–Crippen MR) is 71.7 cm³/mol. The molecule has 5 nitrogen and oxygen atoms in total. The summed E-state index contributed by atoms with van der Waals surface area (Å²) in [6.45, 7) is 0.0725. The first kappa shape index (κ1) is 13.1. The van der Waals surface area contributed by atoms with Crippen LogP contribution in [0.2, 0.25) is 0 Å². The number of aliphatic hydroxyl groups excluding tert-OH is 1. The molecule has 2 atom stereocenters. The molecule has 1 aliphatic carbocycles. The zero-order chi connectivity index (χ0) is 12.5. The van der Waals surface area contributed by atoms with E-state index in [9.17, 15) is 5.11 Å². The van der Waals surface area contributed by atoms with Gasteiger partial charge in [-0.25, -0.2) is 0 Å². The number of nitrogens with two attached hydrogens (primary N) is 1. The second kappa shape index (κ2) is 5.09. The SMILES string of the molecule is CN(C)c1nnc(SC2CCC(N)(CO)C2)s1. The Balaban J connectivity index is 1.93. The third-order valence-electron chi connectivity index (χ3n) is 2.96. The molecule has 0 spiro atoms. The van der Waals surface area contributed by atoms with Crippen molar-refractivity contribution in [3.63, 3.8) is 0 Å². The van der Waals surface area contributed by atoms with Gasteiger partial charge in [0.25, 0.3) is 0 Å². The predicted octanol–water partition coefficient (Wildman–Crippen LogP) is 0.938. The quantitative estimate of drug-likeness (QED) is 0.851. The molecule has 1 aromatic heterocycles. The van der Waals surface area contributed by atoms with Gasteiger partial charge in [0.15, 0.2) is 4.34 Å². The number of thioether (sulfide) groups is 1. The topological polar surface area (TPSA) is 75.3 Å². The van der Waals surface area contributed by atoms with Gasteiger partial charge in [-0.2, -0.15) is 0 Å². The molecule has 0 radical (unpaired) electrons. The minimum absolute atomic E-state index is 0.0725. The maximum absolute atomic E-state index is 9.22. The molecule has 0 aromatic carbocycles. The highest BCUT2D eigenvalue weighted by molar-refractivity contribution is 8.01. The average Bonchev–Trinajstić information content (AvgIpc) is 2.87. The van der Waals surface area contributed by atoms with Crippen LogP contribution in [0.1, 0.15) is 19.3 Å². The Labute approximate surface area is 109 Å². The van der Waals surface area contributed by atoms with Crippen molar-refractivity contribution in [2.75, 3.05) is 25.6 Å². The van der Waals surface area contributed by atoms with Gasteiger partial charge in [-0.15, -0.1) is 10.2 Å². The lowest BCUT2D eigenvalue weighted by atomic mass is 10.0. The summed E-state index contributed by atoms with van der Waals surface area (Å²) in [7, 11) is 3.92. The summed E-state index contributed by atoms with van der Waals surface area (Å²) in [5.41, 5.74) is 5.67. The van der Waals surface area contributed by atoms with Crippen molar-refractivity contribution in [1.82, 2.24) is 10.2 Å². The third kappa shape index (κ3) is 3.09. The van der Waals surface area contributed by atoms with Gasteiger partial charge in [-0.05, 0) is 19.3 Å². The molecule has 0 aliphatic heterocycles. The zero-order valence-corrected chi connectivity index (χ0v) is 11.7. The van der Waals surface area contributed by atoms with Crippen LogP contribution in [0.15, 0.2) is 4.34 Å². The van der Waals surface area contributed by atoms with Crippen molar-refractivity contribution < 1.29 is 5.11 Å². The second-order valence-electron chi connectivity index (χ2n) is 4.75. The molecule has 1 heterocycles. The van der Waals surface area contributed by atoms with Gasteiger partial charge >= 0.3 is 0 Å². The summed E-state index contributed by atoms with van der Waals surface area (Å²) in [5, 5.41) is 18.9. The van der Waals surface area contributed by atoms with Gasteiger partial charge in [0.1, 0.15) is 0 Å². The summed E-state index contributed by atoms with van der Waals surface area (Å²) in [4.78, 5) is 1.96. The Morgan fingerprint density at radius 1 is 1.59 bits per heavy atom. The maximum Gasteiger partial charge on any atom is 0.208 e. The van der Waals surface area contributed by atoms with E-state index >= 15 is 0 Å². The molecule has 17 heavy (non-hydrogen) atoms. The Hall–Kier alpha value is -0.370. The van der Waals surface area contributed by atoms with Crippen LogP contribution < -0.4 is 10.6 Å². The average molecular weight is 274 g/mol. The first-order valence-electron chi connectivity index (χ1n) is 5.60. The van der Waals surface area contributed by atoms with Crippen molar-refractivity contribution in [2.45, 2.75) is 34.4 Å². The summed E-state index contributed by atoms with van der Waals surface area (Å²) in [6.07, 6.45) is 2.78. The molecule has 1 aliphatic rings. The van der Waals surface area contributed by atoms with Gasteiger partial charge in [0, 0.05) is 24.9 Å². The second-order valence-corrected chi connectivity index (χ2v) is 7.25. The molecule has 1 saturated carbocycles. The molecule has 2 rings (SSSR count).